The summed E-state index contributed by atoms with van der Waals surface area (Å²) in [4.78, 5) is 0. The quantitative estimate of drug-likeness (QED) is 0.577. The lowest BCUT2D eigenvalue weighted by atomic mass is 9.94. The molecule has 0 amide bonds. The van der Waals surface area contributed by atoms with Gasteiger partial charge in [-0.05, 0) is 32.1 Å². The molecule has 1 unspecified atom stereocenters. The second kappa shape index (κ2) is 8.59. The maximum Gasteiger partial charge on any atom is 0.261 e. The van der Waals surface area contributed by atoms with Crippen LogP contribution in [0.1, 0.15) is 44.9 Å². The van der Waals surface area contributed by atoms with Crippen molar-refractivity contribution in [2.24, 2.45) is 5.73 Å². The molecule has 0 bridgehead atoms. The predicted octanol–water partition coefficient (Wildman–Crippen LogP) is 3.27. The average Bonchev–Trinajstić information content (AvgIpc) is 2.23. The van der Waals surface area contributed by atoms with E-state index in [0.717, 1.165) is 12.8 Å². The van der Waals surface area contributed by atoms with Gasteiger partial charge in [-0.2, -0.15) is 0 Å². The van der Waals surface area contributed by atoms with Crippen LogP contribution in [-0.2, 0) is 4.74 Å². The zero-order valence-corrected chi connectivity index (χ0v) is 10.3. The van der Waals surface area contributed by atoms with Crippen LogP contribution in [-0.4, -0.2) is 25.7 Å². The van der Waals surface area contributed by atoms with Crippen LogP contribution in [0.15, 0.2) is 11.6 Å². The molecule has 2 N–H and O–H groups in total. The summed E-state index contributed by atoms with van der Waals surface area (Å²) in [5.41, 5.74) is 7.33. The Morgan fingerprint density at radius 2 is 2.00 bits per heavy atom. The third kappa shape index (κ3) is 6.74. The molecule has 100 valence electrons. The molecule has 0 radical (unpaired) electrons. The molecule has 0 aromatic rings. The molecule has 2 nitrogen and oxygen atoms in total. The van der Waals surface area contributed by atoms with E-state index >= 15 is 0 Å². The first-order valence-electron chi connectivity index (χ1n) is 6.50. The van der Waals surface area contributed by atoms with E-state index in [1.54, 1.807) is 0 Å². The first kappa shape index (κ1) is 14.6. The minimum Gasteiger partial charge on any atom is -0.375 e. The maximum absolute atomic E-state index is 11.8. The zero-order valence-electron chi connectivity index (χ0n) is 10.3. The van der Waals surface area contributed by atoms with Gasteiger partial charge in [-0.3, -0.25) is 0 Å². The Morgan fingerprint density at radius 3 is 2.76 bits per heavy atom. The van der Waals surface area contributed by atoms with Crippen molar-refractivity contribution >= 4 is 0 Å². The number of hydrogen-bond donors (Lipinski definition) is 1. The fourth-order valence-corrected chi connectivity index (χ4v) is 2.12. The number of alkyl halides is 2. The molecule has 0 saturated heterocycles. The monoisotopic (exact) mass is 247 g/mol. The fourth-order valence-electron chi connectivity index (χ4n) is 2.12. The van der Waals surface area contributed by atoms with Gasteiger partial charge in [0, 0.05) is 12.6 Å². The van der Waals surface area contributed by atoms with Crippen molar-refractivity contribution in [3.05, 3.63) is 11.6 Å². The normalized spacial score (nSPS) is 19.6. The highest BCUT2D eigenvalue weighted by Gasteiger charge is 2.11. The Hall–Kier alpha value is -0.480. The molecule has 1 rings (SSSR count). The molecule has 0 aromatic heterocycles. The van der Waals surface area contributed by atoms with Crippen LogP contribution in [0, 0.1) is 0 Å². The van der Waals surface area contributed by atoms with Crippen molar-refractivity contribution in [1.29, 1.82) is 0 Å². The topological polar surface area (TPSA) is 35.2 Å². The zero-order chi connectivity index (χ0) is 12.5. The largest absolute Gasteiger partial charge is 0.375 e. The van der Waals surface area contributed by atoms with Gasteiger partial charge in [0.1, 0.15) is 6.61 Å². The van der Waals surface area contributed by atoms with Gasteiger partial charge in [-0.25, -0.2) is 8.78 Å². The molecular weight excluding hydrogens is 224 g/mol. The molecule has 0 saturated carbocycles. The SMILES string of the molecule is NC(CCOCC(F)F)C1=CCCCCCC1. The highest BCUT2D eigenvalue weighted by molar-refractivity contribution is 5.10. The van der Waals surface area contributed by atoms with Crippen molar-refractivity contribution < 1.29 is 13.5 Å². The summed E-state index contributed by atoms with van der Waals surface area (Å²) in [7, 11) is 0. The second-order valence-corrected chi connectivity index (χ2v) is 4.59. The van der Waals surface area contributed by atoms with Crippen molar-refractivity contribution in [2.75, 3.05) is 13.2 Å². The lowest BCUT2D eigenvalue weighted by molar-refractivity contribution is 0.0158. The summed E-state index contributed by atoms with van der Waals surface area (Å²) >= 11 is 0. The Morgan fingerprint density at radius 1 is 1.24 bits per heavy atom. The van der Waals surface area contributed by atoms with Crippen molar-refractivity contribution in [1.82, 2.24) is 0 Å². The van der Waals surface area contributed by atoms with E-state index in [-0.39, 0.29) is 6.04 Å². The highest BCUT2D eigenvalue weighted by Crippen LogP contribution is 2.20. The summed E-state index contributed by atoms with van der Waals surface area (Å²) in [5, 5.41) is 0. The minimum atomic E-state index is -2.38. The molecule has 1 aliphatic carbocycles. The van der Waals surface area contributed by atoms with E-state index < -0.39 is 13.0 Å². The highest BCUT2D eigenvalue weighted by atomic mass is 19.3. The Kier molecular flexibility index (Phi) is 7.37. The van der Waals surface area contributed by atoms with Crippen LogP contribution in [0.25, 0.3) is 0 Å². The molecule has 0 aliphatic heterocycles. The Labute approximate surface area is 102 Å². The standard InChI is InChI=1S/C13H23F2NO/c14-13(15)10-17-9-8-12(16)11-6-4-2-1-3-5-7-11/h6,12-13H,1-5,7-10,16H2. The average molecular weight is 247 g/mol. The number of halogens is 2. The van der Waals surface area contributed by atoms with E-state index in [9.17, 15) is 8.78 Å². The molecular formula is C13H23F2NO. The summed E-state index contributed by atoms with van der Waals surface area (Å²) in [5.74, 6) is 0. The maximum atomic E-state index is 11.8. The number of rotatable bonds is 6. The smallest absolute Gasteiger partial charge is 0.261 e. The first-order valence-corrected chi connectivity index (χ1v) is 6.50. The molecule has 0 spiro atoms. The van der Waals surface area contributed by atoms with Crippen LogP contribution in [0.3, 0.4) is 0 Å². The van der Waals surface area contributed by atoms with Crippen molar-refractivity contribution in [2.45, 2.75) is 57.4 Å². The predicted molar refractivity (Wildman–Crippen MR) is 65.2 cm³/mol. The van der Waals surface area contributed by atoms with Crippen molar-refractivity contribution in [3.8, 4) is 0 Å². The van der Waals surface area contributed by atoms with Gasteiger partial charge in [-0.15, -0.1) is 0 Å². The van der Waals surface area contributed by atoms with E-state index in [1.807, 2.05) is 0 Å². The van der Waals surface area contributed by atoms with Crippen LogP contribution < -0.4 is 5.73 Å². The molecule has 0 fully saturated rings. The van der Waals surface area contributed by atoms with E-state index in [4.69, 9.17) is 10.5 Å². The molecule has 0 heterocycles. The second-order valence-electron chi connectivity index (χ2n) is 4.59. The van der Waals surface area contributed by atoms with Crippen LogP contribution in [0.2, 0.25) is 0 Å². The minimum absolute atomic E-state index is 0.0224. The van der Waals surface area contributed by atoms with E-state index in [2.05, 4.69) is 6.08 Å². The summed E-state index contributed by atoms with van der Waals surface area (Å²) in [6.45, 7) is -0.158. The molecule has 1 aliphatic rings. The third-order valence-electron chi connectivity index (χ3n) is 3.12. The lowest BCUT2D eigenvalue weighted by Gasteiger charge is -2.18. The number of allylic oxidation sites excluding steroid dienone is 1. The molecule has 1 atom stereocenters. The summed E-state index contributed by atoms with van der Waals surface area (Å²) < 4.78 is 28.5. The lowest BCUT2D eigenvalue weighted by Crippen LogP contribution is -2.25. The number of hydrogen-bond acceptors (Lipinski definition) is 2. The van der Waals surface area contributed by atoms with Gasteiger partial charge in [0.05, 0.1) is 0 Å². The van der Waals surface area contributed by atoms with E-state index in [1.165, 1.54) is 31.3 Å². The van der Waals surface area contributed by atoms with E-state index in [0.29, 0.717) is 13.0 Å². The van der Waals surface area contributed by atoms with Gasteiger partial charge in [0.25, 0.3) is 6.43 Å². The molecule has 0 aromatic carbocycles. The fraction of sp³-hybridized carbons (Fsp3) is 0.846. The first-order chi connectivity index (χ1) is 8.20. The molecule has 4 heteroatoms. The number of nitrogens with two attached hydrogens (primary N) is 1. The number of ether oxygens (including phenoxy) is 1. The summed E-state index contributed by atoms with van der Waals surface area (Å²) in [6, 6.07) is -0.0224. The third-order valence-corrected chi connectivity index (χ3v) is 3.12. The van der Waals surface area contributed by atoms with Crippen LogP contribution in [0.4, 0.5) is 8.78 Å². The Bertz CT molecular complexity index is 231. The van der Waals surface area contributed by atoms with Gasteiger partial charge in [0.2, 0.25) is 0 Å². The molecule has 17 heavy (non-hydrogen) atoms. The van der Waals surface area contributed by atoms with Gasteiger partial charge >= 0.3 is 0 Å². The van der Waals surface area contributed by atoms with Crippen LogP contribution in [0.5, 0.6) is 0 Å². The van der Waals surface area contributed by atoms with Gasteiger partial charge in [-0.1, -0.05) is 24.5 Å². The van der Waals surface area contributed by atoms with Crippen molar-refractivity contribution in [3.63, 3.8) is 0 Å². The Balaban J connectivity index is 2.22. The summed E-state index contributed by atoms with van der Waals surface area (Å²) in [6.07, 6.45) is 7.64. The van der Waals surface area contributed by atoms with Gasteiger partial charge in [0.15, 0.2) is 0 Å². The van der Waals surface area contributed by atoms with Crippen LogP contribution >= 0.6 is 0 Å². The van der Waals surface area contributed by atoms with Gasteiger partial charge < -0.3 is 10.5 Å².